The molecule has 0 amide bonds. The zero-order valence-corrected chi connectivity index (χ0v) is 12.0. The van der Waals surface area contributed by atoms with E-state index in [1.54, 1.807) is 0 Å². The highest BCUT2D eigenvalue weighted by Gasteiger charge is 2.29. The molecule has 2 unspecified atom stereocenters. The molecule has 0 saturated heterocycles. The maximum absolute atomic E-state index is 5.84. The lowest BCUT2D eigenvalue weighted by Crippen LogP contribution is -2.45. The Morgan fingerprint density at radius 2 is 1.82 bits per heavy atom. The molecule has 1 aliphatic rings. The minimum absolute atomic E-state index is 0.432. The molecule has 0 spiro atoms. The standard InChI is InChI=1S/C15H31NO/c1-4-9-14(16-12-5-2)15(17-3)13-10-7-6-8-11-13/h13-16H,4-12H2,1-3H3. The quantitative estimate of drug-likeness (QED) is 0.699. The van der Waals surface area contributed by atoms with E-state index in [1.165, 1.54) is 51.4 Å². The third kappa shape index (κ3) is 4.97. The minimum Gasteiger partial charge on any atom is -0.380 e. The molecule has 0 aliphatic heterocycles. The lowest BCUT2D eigenvalue weighted by molar-refractivity contribution is 0.00597. The van der Waals surface area contributed by atoms with Gasteiger partial charge in [0.15, 0.2) is 0 Å². The molecule has 2 atom stereocenters. The van der Waals surface area contributed by atoms with Crippen LogP contribution in [-0.4, -0.2) is 25.8 Å². The van der Waals surface area contributed by atoms with Gasteiger partial charge in [0.2, 0.25) is 0 Å². The van der Waals surface area contributed by atoms with Crippen LogP contribution in [0, 0.1) is 5.92 Å². The van der Waals surface area contributed by atoms with E-state index in [9.17, 15) is 0 Å². The molecule has 1 fully saturated rings. The summed E-state index contributed by atoms with van der Waals surface area (Å²) in [6.07, 6.45) is 11.1. The van der Waals surface area contributed by atoms with Gasteiger partial charge in [-0.3, -0.25) is 0 Å². The highest BCUT2D eigenvalue weighted by atomic mass is 16.5. The summed E-state index contributed by atoms with van der Waals surface area (Å²) < 4.78 is 5.84. The lowest BCUT2D eigenvalue weighted by atomic mass is 9.81. The minimum atomic E-state index is 0.432. The smallest absolute Gasteiger partial charge is 0.0752 e. The van der Waals surface area contributed by atoms with Crippen molar-refractivity contribution in [2.24, 2.45) is 5.92 Å². The van der Waals surface area contributed by atoms with Crippen LogP contribution in [0.2, 0.25) is 0 Å². The van der Waals surface area contributed by atoms with Gasteiger partial charge in [0, 0.05) is 13.2 Å². The molecule has 1 rings (SSSR count). The van der Waals surface area contributed by atoms with Gasteiger partial charge in [0.25, 0.3) is 0 Å². The van der Waals surface area contributed by atoms with Crippen molar-refractivity contribution in [3.05, 3.63) is 0 Å². The number of methoxy groups -OCH3 is 1. The third-order valence-electron chi connectivity index (χ3n) is 4.04. The number of ether oxygens (including phenoxy) is 1. The Balaban J connectivity index is 2.51. The molecular weight excluding hydrogens is 210 g/mol. The molecule has 2 nitrogen and oxygen atoms in total. The first-order valence-corrected chi connectivity index (χ1v) is 7.59. The van der Waals surface area contributed by atoms with E-state index in [-0.39, 0.29) is 0 Å². The summed E-state index contributed by atoms with van der Waals surface area (Å²) in [4.78, 5) is 0. The van der Waals surface area contributed by atoms with Crippen LogP contribution < -0.4 is 5.32 Å². The fourth-order valence-electron chi connectivity index (χ4n) is 3.17. The summed E-state index contributed by atoms with van der Waals surface area (Å²) in [7, 11) is 1.90. The van der Waals surface area contributed by atoms with Crippen molar-refractivity contribution in [2.75, 3.05) is 13.7 Å². The summed E-state index contributed by atoms with van der Waals surface area (Å²) in [5, 5.41) is 3.69. The second-order valence-electron chi connectivity index (χ2n) is 5.45. The van der Waals surface area contributed by atoms with Crippen molar-refractivity contribution < 1.29 is 4.74 Å². The lowest BCUT2D eigenvalue weighted by Gasteiger charge is -2.35. The van der Waals surface area contributed by atoms with E-state index in [0.717, 1.165) is 12.5 Å². The van der Waals surface area contributed by atoms with Crippen molar-refractivity contribution in [1.82, 2.24) is 5.32 Å². The van der Waals surface area contributed by atoms with Gasteiger partial charge in [-0.15, -0.1) is 0 Å². The van der Waals surface area contributed by atoms with Crippen molar-refractivity contribution in [3.8, 4) is 0 Å². The number of hydrogen-bond donors (Lipinski definition) is 1. The molecule has 17 heavy (non-hydrogen) atoms. The normalized spacial score (nSPS) is 21.4. The summed E-state index contributed by atoms with van der Waals surface area (Å²) in [5.74, 6) is 0.787. The van der Waals surface area contributed by atoms with Crippen LogP contribution in [0.5, 0.6) is 0 Å². The Kier molecular flexibility index (Phi) is 7.87. The van der Waals surface area contributed by atoms with E-state index in [1.807, 2.05) is 7.11 Å². The largest absolute Gasteiger partial charge is 0.380 e. The Labute approximate surface area is 108 Å². The molecule has 2 heteroatoms. The van der Waals surface area contributed by atoms with Gasteiger partial charge in [-0.2, -0.15) is 0 Å². The van der Waals surface area contributed by atoms with Gasteiger partial charge in [0.1, 0.15) is 0 Å². The fourth-order valence-corrected chi connectivity index (χ4v) is 3.17. The maximum Gasteiger partial charge on any atom is 0.0752 e. The fraction of sp³-hybridized carbons (Fsp3) is 1.00. The molecule has 0 radical (unpaired) electrons. The van der Waals surface area contributed by atoms with Gasteiger partial charge < -0.3 is 10.1 Å². The Morgan fingerprint density at radius 3 is 2.35 bits per heavy atom. The van der Waals surface area contributed by atoms with Crippen LogP contribution in [0.4, 0.5) is 0 Å². The summed E-state index contributed by atoms with van der Waals surface area (Å²) in [6, 6.07) is 0.563. The Hall–Kier alpha value is -0.0800. The molecule has 0 aromatic heterocycles. The van der Waals surface area contributed by atoms with Gasteiger partial charge in [0.05, 0.1) is 6.10 Å². The first-order chi connectivity index (χ1) is 8.33. The SMILES string of the molecule is CCCNC(CCC)C(OC)C1CCCCC1. The molecular formula is C15H31NO. The molecule has 1 N–H and O–H groups in total. The van der Waals surface area contributed by atoms with Crippen LogP contribution in [0.15, 0.2) is 0 Å². The van der Waals surface area contributed by atoms with Gasteiger partial charge in [-0.25, -0.2) is 0 Å². The van der Waals surface area contributed by atoms with Crippen molar-refractivity contribution in [1.29, 1.82) is 0 Å². The van der Waals surface area contributed by atoms with Gasteiger partial charge in [-0.05, 0) is 38.1 Å². The second-order valence-corrected chi connectivity index (χ2v) is 5.45. The zero-order chi connectivity index (χ0) is 12.5. The highest BCUT2D eigenvalue weighted by molar-refractivity contribution is 4.84. The number of hydrogen-bond acceptors (Lipinski definition) is 2. The average Bonchev–Trinajstić information content (AvgIpc) is 2.38. The van der Waals surface area contributed by atoms with Crippen LogP contribution in [-0.2, 0) is 4.74 Å². The maximum atomic E-state index is 5.84. The second kappa shape index (κ2) is 8.93. The van der Waals surface area contributed by atoms with Gasteiger partial charge in [-0.1, -0.05) is 39.5 Å². The summed E-state index contributed by atoms with van der Waals surface area (Å²) in [6.45, 7) is 5.63. The highest BCUT2D eigenvalue weighted by Crippen LogP contribution is 2.30. The van der Waals surface area contributed by atoms with Gasteiger partial charge >= 0.3 is 0 Å². The number of nitrogens with one attached hydrogen (secondary N) is 1. The number of rotatable bonds is 8. The molecule has 1 aliphatic carbocycles. The summed E-state index contributed by atoms with van der Waals surface area (Å²) in [5.41, 5.74) is 0. The van der Waals surface area contributed by atoms with Crippen LogP contribution in [0.3, 0.4) is 0 Å². The van der Waals surface area contributed by atoms with E-state index >= 15 is 0 Å². The molecule has 1 saturated carbocycles. The topological polar surface area (TPSA) is 21.3 Å². The van der Waals surface area contributed by atoms with Crippen LogP contribution in [0.1, 0.15) is 65.2 Å². The van der Waals surface area contributed by atoms with E-state index < -0.39 is 0 Å². The van der Waals surface area contributed by atoms with Crippen LogP contribution in [0.25, 0.3) is 0 Å². The Bertz CT molecular complexity index is 178. The monoisotopic (exact) mass is 241 g/mol. The molecule has 0 aromatic carbocycles. The van der Waals surface area contributed by atoms with Crippen molar-refractivity contribution in [2.45, 2.75) is 77.4 Å². The first kappa shape index (κ1) is 15.0. The van der Waals surface area contributed by atoms with E-state index in [0.29, 0.717) is 12.1 Å². The third-order valence-corrected chi connectivity index (χ3v) is 4.04. The van der Waals surface area contributed by atoms with E-state index in [4.69, 9.17) is 4.74 Å². The molecule has 0 aromatic rings. The molecule has 0 bridgehead atoms. The Morgan fingerprint density at radius 1 is 1.12 bits per heavy atom. The molecule has 0 heterocycles. The first-order valence-electron chi connectivity index (χ1n) is 7.59. The molecule has 102 valence electrons. The zero-order valence-electron chi connectivity index (χ0n) is 12.0. The van der Waals surface area contributed by atoms with Crippen LogP contribution >= 0.6 is 0 Å². The predicted octanol–water partition coefficient (Wildman–Crippen LogP) is 3.75. The van der Waals surface area contributed by atoms with Crippen molar-refractivity contribution in [3.63, 3.8) is 0 Å². The van der Waals surface area contributed by atoms with E-state index in [2.05, 4.69) is 19.2 Å². The van der Waals surface area contributed by atoms with Crippen molar-refractivity contribution >= 4 is 0 Å². The average molecular weight is 241 g/mol. The predicted molar refractivity (Wildman–Crippen MR) is 74.4 cm³/mol. The summed E-state index contributed by atoms with van der Waals surface area (Å²) >= 11 is 0.